The van der Waals surface area contributed by atoms with Crippen LogP contribution in [0.1, 0.15) is 26.2 Å². The highest BCUT2D eigenvalue weighted by atomic mass is 16.4. The molecule has 1 aliphatic heterocycles. The fourth-order valence-corrected chi connectivity index (χ4v) is 1.78. The number of aliphatic carboxylic acids is 1. The van der Waals surface area contributed by atoms with Gasteiger partial charge in [0.15, 0.2) is 0 Å². The number of hydrogen-bond acceptors (Lipinski definition) is 3. The molecule has 3 amide bonds. The van der Waals surface area contributed by atoms with Crippen molar-refractivity contribution in [1.29, 1.82) is 0 Å². The van der Waals surface area contributed by atoms with Crippen molar-refractivity contribution in [3.8, 4) is 0 Å². The van der Waals surface area contributed by atoms with Crippen LogP contribution < -0.4 is 10.6 Å². The Morgan fingerprint density at radius 1 is 1.56 bits per heavy atom. The molecule has 0 aromatic rings. The summed E-state index contributed by atoms with van der Waals surface area (Å²) in [4.78, 5) is 35.2. The van der Waals surface area contributed by atoms with E-state index in [2.05, 4.69) is 10.6 Å². The lowest BCUT2D eigenvalue weighted by molar-refractivity contribution is -0.137. The smallest absolute Gasteiger partial charge is 0.318 e. The molecule has 1 unspecified atom stereocenters. The Morgan fingerprint density at radius 3 is 2.83 bits per heavy atom. The second-order valence-corrected chi connectivity index (χ2v) is 4.16. The lowest BCUT2D eigenvalue weighted by Crippen LogP contribution is -2.53. The molecule has 1 fully saturated rings. The number of rotatable bonds is 5. The van der Waals surface area contributed by atoms with Gasteiger partial charge in [-0.3, -0.25) is 9.59 Å². The fourth-order valence-electron chi connectivity index (χ4n) is 1.78. The summed E-state index contributed by atoms with van der Waals surface area (Å²) in [5.74, 6) is -1.12. The minimum Gasteiger partial charge on any atom is -0.481 e. The van der Waals surface area contributed by atoms with E-state index >= 15 is 0 Å². The molecule has 0 aliphatic carbocycles. The number of carboxylic acids is 1. The molecule has 1 rings (SSSR count). The molecule has 7 nitrogen and oxygen atoms in total. The van der Waals surface area contributed by atoms with E-state index in [9.17, 15) is 14.4 Å². The summed E-state index contributed by atoms with van der Waals surface area (Å²) >= 11 is 0. The standard InChI is InChI=1S/C11H19N3O4/c1-2-14(7-5-9(15)16)11(18)13-8-4-3-6-12-10(8)17/h8H,2-7H2,1H3,(H,12,17)(H,13,18)(H,15,16). The van der Waals surface area contributed by atoms with Crippen molar-refractivity contribution in [2.75, 3.05) is 19.6 Å². The second-order valence-electron chi connectivity index (χ2n) is 4.16. The third-order valence-electron chi connectivity index (χ3n) is 2.85. The predicted octanol–water partition coefficient (Wildman–Crippen LogP) is -0.229. The van der Waals surface area contributed by atoms with Crippen LogP contribution in [0.15, 0.2) is 0 Å². The predicted molar refractivity (Wildman–Crippen MR) is 64.1 cm³/mol. The van der Waals surface area contributed by atoms with Crippen LogP contribution in [-0.4, -0.2) is 53.6 Å². The van der Waals surface area contributed by atoms with Crippen LogP contribution in [0.5, 0.6) is 0 Å². The van der Waals surface area contributed by atoms with Crippen molar-refractivity contribution in [3.63, 3.8) is 0 Å². The minimum absolute atomic E-state index is 0.0991. The lowest BCUT2D eigenvalue weighted by Gasteiger charge is -2.27. The average molecular weight is 257 g/mol. The van der Waals surface area contributed by atoms with Crippen molar-refractivity contribution >= 4 is 17.9 Å². The summed E-state index contributed by atoms with van der Waals surface area (Å²) in [6.07, 6.45) is 1.35. The number of hydrogen-bond donors (Lipinski definition) is 3. The number of carboxylic acid groups (broad SMARTS) is 1. The summed E-state index contributed by atoms with van der Waals surface area (Å²) in [5, 5.41) is 13.9. The topological polar surface area (TPSA) is 98.7 Å². The van der Waals surface area contributed by atoms with Gasteiger partial charge in [-0.25, -0.2) is 4.79 Å². The zero-order valence-electron chi connectivity index (χ0n) is 10.4. The van der Waals surface area contributed by atoms with Crippen molar-refractivity contribution in [3.05, 3.63) is 0 Å². The molecule has 1 atom stereocenters. The van der Waals surface area contributed by atoms with Crippen LogP contribution in [0.4, 0.5) is 4.79 Å². The third-order valence-corrected chi connectivity index (χ3v) is 2.85. The van der Waals surface area contributed by atoms with E-state index in [-0.39, 0.29) is 24.9 Å². The molecule has 1 aliphatic rings. The maximum atomic E-state index is 11.8. The van der Waals surface area contributed by atoms with Gasteiger partial charge in [-0.1, -0.05) is 0 Å². The maximum Gasteiger partial charge on any atom is 0.318 e. The van der Waals surface area contributed by atoms with Gasteiger partial charge < -0.3 is 20.6 Å². The van der Waals surface area contributed by atoms with Crippen molar-refractivity contribution in [1.82, 2.24) is 15.5 Å². The Hall–Kier alpha value is -1.79. The summed E-state index contributed by atoms with van der Waals surface area (Å²) < 4.78 is 0. The summed E-state index contributed by atoms with van der Waals surface area (Å²) in [7, 11) is 0. The first kappa shape index (κ1) is 14.3. The number of urea groups is 1. The Morgan fingerprint density at radius 2 is 2.28 bits per heavy atom. The third kappa shape index (κ3) is 4.23. The quantitative estimate of drug-likeness (QED) is 0.633. The van der Waals surface area contributed by atoms with Crippen LogP contribution in [-0.2, 0) is 9.59 Å². The highest BCUT2D eigenvalue weighted by Gasteiger charge is 2.25. The number of nitrogens with zero attached hydrogens (tertiary/aromatic N) is 1. The van der Waals surface area contributed by atoms with Gasteiger partial charge in [0.2, 0.25) is 5.91 Å². The van der Waals surface area contributed by atoms with E-state index in [1.54, 1.807) is 6.92 Å². The van der Waals surface area contributed by atoms with E-state index in [1.165, 1.54) is 4.90 Å². The van der Waals surface area contributed by atoms with E-state index in [0.717, 1.165) is 6.42 Å². The molecule has 7 heteroatoms. The molecular formula is C11H19N3O4. The van der Waals surface area contributed by atoms with Gasteiger partial charge in [0.25, 0.3) is 0 Å². The number of carbonyl (C=O) groups is 3. The molecule has 0 bridgehead atoms. The van der Waals surface area contributed by atoms with Gasteiger partial charge in [0, 0.05) is 19.6 Å². The number of carbonyl (C=O) groups excluding carboxylic acids is 2. The number of nitrogens with one attached hydrogen (secondary N) is 2. The Balaban J connectivity index is 2.45. The van der Waals surface area contributed by atoms with Crippen LogP contribution in [0.25, 0.3) is 0 Å². The Bertz CT molecular complexity index is 332. The van der Waals surface area contributed by atoms with Crippen molar-refractivity contribution in [2.45, 2.75) is 32.2 Å². The van der Waals surface area contributed by atoms with Crippen LogP contribution >= 0.6 is 0 Å². The van der Waals surface area contributed by atoms with Crippen LogP contribution in [0.3, 0.4) is 0 Å². The van der Waals surface area contributed by atoms with Gasteiger partial charge in [-0.15, -0.1) is 0 Å². The largest absolute Gasteiger partial charge is 0.481 e. The first-order valence-electron chi connectivity index (χ1n) is 6.09. The number of amides is 3. The van der Waals surface area contributed by atoms with Gasteiger partial charge in [-0.2, -0.15) is 0 Å². The van der Waals surface area contributed by atoms with E-state index < -0.39 is 12.0 Å². The average Bonchev–Trinajstić information content (AvgIpc) is 2.32. The molecule has 102 valence electrons. The van der Waals surface area contributed by atoms with Gasteiger partial charge in [-0.05, 0) is 19.8 Å². The summed E-state index contributed by atoms with van der Waals surface area (Å²) in [5.41, 5.74) is 0. The van der Waals surface area contributed by atoms with Crippen LogP contribution in [0, 0.1) is 0 Å². The zero-order chi connectivity index (χ0) is 13.5. The highest BCUT2D eigenvalue weighted by molar-refractivity contribution is 5.87. The molecule has 0 saturated carbocycles. The highest BCUT2D eigenvalue weighted by Crippen LogP contribution is 2.04. The number of piperidine rings is 1. The SMILES string of the molecule is CCN(CCC(=O)O)C(=O)NC1CCCNC1=O. The molecule has 0 spiro atoms. The molecule has 1 saturated heterocycles. The first-order chi connectivity index (χ1) is 8.54. The molecule has 0 aromatic carbocycles. The van der Waals surface area contributed by atoms with E-state index in [0.29, 0.717) is 19.5 Å². The summed E-state index contributed by atoms with van der Waals surface area (Å²) in [6.45, 7) is 2.96. The van der Waals surface area contributed by atoms with Crippen molar-refractivity contribution < 1.29 is 19.5 Å². The van der Waals surface area contributed by atoms with Gasteiger partial charge in [0.05, 0.1) is 6.42 Å². The van der Waals surface area contributed by atoms with Crippen molar-refractivity contribution in [2.24, 2.45) is 0 Å². The fraction of sp³-hybridized carbons (Fsp3) is 0.727. The second kappa shape index (κ2) is 6.83. The van der Waals surface area contributed by atoms with Gasteiger partial charge in [0.1, 0.15) is 6.04 Å². The Kier molecular flexibility index (Phi) is 5.41. The normalized spacial score (nSPS) is 18.9. The zero-order valence-corrected chi connectivity index (χ0v) is 10.4. The molecule has 1 heterocycles. The summed E-state index contributed by atoms with van der Waals surface area (Å²) in [6, 6.07) is -0.897. The molecule has 18 heavy (non-hydrogen) atoms. The molecular weight excluding hydrogens is 238 g/mol. The van der Waals surface area contributed by atoms with Gasteiger partial charge >= 0.3 is 12.0 Å². The molecule has 0 aromatic heterocycles. The van der Waals surface area contributed by atoms with E-state index in [4.69, 9.17) is 5.11 Å². The Labute approximate surface area is 106 Å². The van der Waals surface area contributed by atoms with Crippen LogP contribution in [0.2, 0.25) is 0 Å². The maximum absolute atomic E-state index is 11.8. The lowest BCUT2D eigenvalue weighted by atomic mass is 10.1. The molecule has 0 radical (unpaired) electrons. The first-order valence-corrected chi connectivity index (χ1v) is 6.09. The monoisotopic (exact) mass is 257 g/mol. The molecule has 3 N–H and O–H groups in total. The van der Waals surface area contributed by atoms with E-state index in [1.807, 2.05) is 0 Å². The minimum atomic E-state index is -0.948.